The van der Waals surface area contributed by atoms with Crippen molar-refractivity contribution in [2.75, 3.05) is 26.7 Å². The van der Waals surface area contributed by atoms with Gasteiger partial charge in [0.2, 0.25) is 0 Å². The molecule has 1 saturated heterocycles. The molecule has 1 unspecified atom stereocenters. The van der Waals surface area contributed by atoms with Crippen molar-refractivity contribution < 1.29 is 19.0 Å². The number of nitrogens with zero attached hydrogens (tertiary/aromatic N) is 2. The second-order valence-corrected chi connectivity index (χ2v) is 10.3. The van der Waals surface area contributed by atoms with Gasteiger partial charge in [0.15, 0.2) is 0 Å². The highest BCUT2D eigenvalue weighted by Gasteiger charge is 2.41. The zero-order valence-electron chi connectivity index (χ0n) is 19.3. The van der Waals surface area contributed by atoms with Crippen molar-refractivity contribution >= 4 is 39.8 Å². The van der Waals surface area contributed by atoms with E-state index >= 15 is 4.39 Å². The smallest absolute Gasteiger partial charge is 0.309 e. The average molecular weight is 505 g/mol. The number of carboxylic acid groups (broad SMARTS) is 1. The van der Waals surface area contributed by atoms with Crippen LogP contribution in [0.15, 0.2) is 41.2 Å². The van der Waals surface area contributed by atoms with Crippen LogP contribution in [-0.2, 0) is 11.2 Å². The van der Waals surface area contributed by atoms with E-state index in [1.807, 2.05) is 0 Å². The number of alkyl halides is 1. The van der Waals surface area contributed by atoms with Gasteiger partial charge in [0.25, 0.3) is 0 Å². The third-order valence-electron chi connectivity index (χ3n) is 7.04. The standard InChI is InChI=1S/C26H30ClFN2O3S/c1-33-19-4-5-23-20(15-19)24(21(27)16-29-23)22(28)6-8-26(25(31)32)9-12-30(13-10-26)11-2-3-18-7-14-34-17-18/h4-5,7,14-17,22H,2-3,6,8-13H2,1H3,(H,31,32). The molecule has 4 rings (SSSR count). The Morgan fingerprint density at radius 2 is 2.15 bits per heavy atom. The number of piperidine rings is 1. The van der Waals surface area contributed by atoms with Crippen LogP contribution in [0, 0.1) is 5.41 Å². The number of halogens is 2. The van der Waals surface area contributed by atoms with Crippen LogP contribution in [0.25, 0.3) is 10.9 Å². The van der Waals surface area contributed by atoms with Crippen LogP contribution >= 0.6 is 22.9 Å². The SMILES string of the molecule is COc1ccc2ncc(Cl)c(C(F)CCC3(C(=O)O)CCN(CCCc4ccsc4)CC3)c2c1. The number of rotatable bonds is 10. The van der Waals surface area contributed by atoms with Crippen LogP contribution in [0.3, 0.4) is 0 Å². The summed E-state index contributed by atoms with van der Waals surface area (Å²) >= 11 is 8.06. The number of aryl methyl sites for hydroxylation is 1. The number of benzene rings is 1. The summed E-state index contributed by atoms with van der Waals surface area (Å²) in [5.74, 6) is -0.233. The zero-order valence-corrected chi connectivity index (χ0v) is 20.9. The largest absolute Gasteiger partial charge is 0.497 e. The number of carboxylic acids is 1. The Balaban J connectivity index is 1.39. The minimum atomic E-state index is -1.38. The van der Waals surface area contributed by atoms with E-state index in [-0.39, 0.29) is 17.9 Å². The van der Waals surface area contributed by atoms with Crippen molar-refractivity contribution in [3.05, 3.63) is 57.4 Å². The number of aromatic nitrogens is 1. The molecule has 1 fully saturated rings. The summed E-state index contributed by atoms with van der Waals surface area (Å²) in [6.07, 6.45) is 3.61. The molecule has 34 heavy (non-hydrogen) atoms. The molecular formula is C26H30ClFN2O3S. The maximum Gasteiger partial charge on any atom is 0.309 e. The van der Waals surface area contributed by atoms with E-state index in [0.717, 1.165) is 32.5 Å². The monoisotopic (exact) mass is 504 g/mol. The maximum atomic E-state index is 15.6. The quantitative estimate of drug-likeness (QED) is 0.339. The number of fused-ring (bicyclic) bond motifs is 1. The van der Waals surface area contributed by atoms with Crippen molar-refractivity contribution in [1.29, 1.82) is 0 Å². The second-order valence-electron chi connectivity index (χ2n) is 9.07. The summed E-state index contributed by atoms with van der Waals surface area (Å²) in [4.78, 5) is 18.9. The molecule has 1 atom stereocenters. The molecule has 0 spiro atoms. The Morgan fingerprint density at radius 3 is 2.82 bits per heavy atom. The topological polar surface area (TPSA) is 62.7 Å². The van der Waals surface area contributed by atoms with E-state index in [4.69, 9.17) is 16.3 Å². The van der Waals surface area contributed by atoms with Gasteiger partial charge in [0.1, 0.15) is 11.9 Å². The fourth-order valence-corrected chi connectivity index (χ4v) is 5.85. The van der Waals surface area contributed by atoms with Crippen LogP contribution in [0.2, 0.25) is 5.02 Å². The van der Waals surface area contributed by atoms with Gasteiger partial charge in [-0.1, -0.05) is 11.6 Å². The van der Waals surface area contributed by atoms with E-state index in [0.29, 0.717) is 35.1 Å². The molecule has 1 aliphatic rings. The van der Waals surface area contributed by atoms with Gasteiger partial charge in [0, 0.05) is 17.1 Å². The van der Waals surface area contributed by atoms with E-state index in [2.05, 4.69) is 26.7 Å². The van der Waals surface area contributed by atoms with E-state index in [9.17, 15) is 9.90 Å². The summed E-state index contributed by atoms with van der Waals surface area (Å²) in [6, 6.07) is 7.43. The lowest BCUT2D eigenvalue weighted by Crippen LogP contribution is -2.44. The Kier molecular flexibility index (Phi) is 8.06. The Labute approximate surface area is 208 Å². The van der Waals surface area contributed by atoms with Gasteiger partial charge in [-0.3, -0.25) is 9.78 Å². The van der Waals surface area contributed by atoms with E-state index in [1.165, 1.54) is 11.8 Å². The predicted octanol–water partition coefficient (Wildman–Crippen LogP) is 6.55. The Hall–Kier alpha value is -2.22. The second kappa shape index (κ2) is 11.0. The third kappa shape index (κ3) is 5.53. The summed E-state index contributed by atoms with van der Waals surface area (Å²) in [7, 11) is 1.55. The summed E-state index contributed by atoms with van der Waals surface area (Å²) in [5.41, 5.74) is 1.45. The average Bonchev–Trinajstić information content (AvgIpc) is 3.36. The van der Waals surface area contributed by atoms with Gasteiger partial charge >= 0.3 is 5.97 Å². The van der Waals surface area contributed by atoms with E-state index in [1.54, 1.807) is 36.6 Å². The van der Waals surface area contributed by atoms with Gasteiger partial charge in [-0.05, 0) is 98.7 Å². The molecule has 182 valence electrons. The highest BCUT2D eigenvalue weighted by Crippen LogP contribution is 2.42. The lowest BCUT2D eigenvalue weighted by Gasteiger charge is -2.39. The number of methoxy groups -OCH3 is 1. The Morgan fingerprint density at radius 1 is 1.35 bits per heavy atom. The fourth-order valence-electron chi connectivity index (χ4n) is 4.88. The van der Waals surface area contributed by atoms with Crippen LogP contribution in [0.5, 0.6) is 5.75 Å². The van der Waals surface area contributed by atoms with Crippen LogP contribution in [0.1, 0.15) is 49.4 Å². The molecule has 0 saturated carbocycles. The summed E-state index contributed by atoms with van der Waals surface area (Å²) in [6.45, 7) is 2.41. The van der Waals surface area contributed by atoms with Crippen molar-refractivity contribution in [2.24, 2.45) is 5.41 Å². The summed E-state index contributed by atoms with van der Waals surface area (Å²) in [5, 5.41) is 15.2. The zero-order chi connectivity index (χ0) is 24.1. The minimum Gasteiger partial charge on any atom is -0.497 e. The number of aliphatic carboxylic acids is 1. The molecule has 1 N–H and O–H groups in total. The maximum absolute atomic E-state index is 15.6. The van der Waals surface area contributed by atoms with Crippen molar-refractivity contribution in [3.8, 4) is 5.75 Å². The van der Waals surface area contributed by atoms with Crippen molar-refractivity contribution in [1.82, 2.24) is 9.88 Å². The molecule has 3 heterocycles. The molecule has 5 nitrogen and oxygen atoms in total. The van der Waals surface area contributed by atoms with Gasteiger partial charge in [-0.25, -0.2) is 4.39 Å². The van der Waals surface area contributed by atoms with Gasteiger partial charge in [-0.2, -0.15) is 11.3 Å². The normalized spacial score (nSPS) is 17.0. The van der Waals surface area contributed by atoms with E-state index < -0.39 is 17.6 Å². The number of carbonyl (C=O) groups is 1. The highest BCUT2D eigenvalue weighted by molar-refractivity contribution is 7.07. The molecule has 0 bridgehead atoms. The fraction of sp³-hybridized carbons (Fsp3) is 0.462. The first-order valence-electron chi connectivity index (χ1n) is 11.6. The number of likely N-dealkylation sites (tertiary alicyclic amines) is 1. The molecule has 0 amide bonds. The minimum absolute atomic E-state index is 0.0977. The number of hydrogen-bond donors (Lipinski definition) is 1. The number of ether oxygens (including phenoxy) is 1. The third-order valence-corrected chi connectivity index (χ3v) is 8.08. The van der Waals surface area contributed by atoms with Crippen molar-refractivity contribution in [2.45, 2.75) is 44.7 Å². The van der Waals surface area contributed by atoms with Crippen LogP contribution in [0.4, 0.5) is 4.39 Å². The molecule has 1 aliphatic heterocycles. The summed E-state index contributed by atoms with van der Waals surface area (Å²) < 4.78 is 20.9. The number of pyridine rings is 1. The Bertz CT molecular complexity index is 1120. The first-order valence-corrected chi connectivity index (χ1v) is 13.0. The lowest BCUT2D eigenvalue weighted by atomic mass is 9.74. The lowest BCUT2D eigenvalue weighted by molar-refractivity contribution is -0.153. The first kappa shape index (κ1) is 24.9. The predicted molar refractivity (Wildman–Crippen MR) is 135 cm³/mol. The molecular weight excluding hydrogens is 475 g/mol. The molecule has 0 aliphatic carbocycles. The van der Waals surface area contributed by atoms with Crippen molar-refractivity contribution in [3.63, 3.8) is 0 Å². The van der Waals surface area contributed by atoms with Gasteiger partial charge in [0.05, 0.1) is 23.1 Å². The number of hydrogen-bond acceptors (Lipinski definition) is 5. The highest BCUT2D eigenvalue weighted by atomic mass is 35.5. The molecule has 0 radical (unpaired) electrons. The molecule has 2 aromatic heterocycles. The van der Waals surface area contributed by atoms with Crippen LogP contribution in [-0.4, -0.2) is 47.7 Å². The van der Waals surface area contributed by atoms with Gasteiger partial charge < -0.3 is 14.7 Å². The van der Waals surface area contributed by atoms with Crippen LogP contribution < -0.4 is 4.74 Å². The number of thiophene rings is 1. The molecule has 3 aromatic rings. The molecule has 8 heteroatoms. The first-order chi connectivity index (χ1) is 16.4. The van der Waals surface area contributed by atoms with Gasteiger partial charge in [-0.15, -0.1) is 0 Å². The molecule has 1 aromatic carbocycles.